The standard InChI is InChI=1S/C16H20FN3/c1-2-16-15-8-19-7-13(15)10-20(16)9-11-3-4-14(17)5-12(11)6-18/h3-5,13,15-16,19H,2,7-10H2,1H3. The fourth-order valence-corrected chi connectivity index (χ4v) is 3.86. The van der Waals surface area contributed by atoms with Crippen LogP contribution in [0.3, 0.4) is 0 Å². The van der Waals surface area contributed by atoms with Crippen molar-refractivity contribution in [3.8, 4) is 6.07 Å². The quantitative estimate of drug-likeness (QED) is 0.917. The number of hydrogen-bond acceptors (Lipinski definition) is 3. The molecular formula is C16H20FN3. The molecule has 2 aliphatic heterocycles. The maximum Gasteiger partial charge on any atom is 0.124 e. The molecule has 0 saturated carbocycles. The molecule has 3 atom stereocenters. The molecule has 0 aromatic heterocycles. The van der Waals surface area contributed by atoms with Crippen LogP contribution in [0, 0.1) is 29.0 Å². The second kappa shape index (κ2) is 5.51. The van der Waals surface area contributed by atoms with Crippen LogP contribution in [0.5, 0.6) is 0 Å². The first-order valence-corrected chi connectivity index (χ1v) is 7.36. The summed E-state index contributed by atoms with van der Waals surface area (Å²) in [6.45, 7) is 6.28. The number of likely N-dealkylation sites (tertiary alicyclic amines) is 1. The smallest absolute Gasteiger partial charge is 0.124 e. The van der Waals surface area contributed by atoms with Crippen molar-refractivity contribution in [3.05, 3.63) is 35.1 Å². The molecule has 1 aromatic carbocycles. The predicted molar refractivity (Wildman–Crippen MR) is 75.5 cm³/mol. The number of nitrogens with one attached hydrogen (secondary N) is 1. The molecule has 3 unspecified atom stereocenters. The van der Waals surface area contributed by atoms with E-state index in [0.29, 0.717) is 11.6 Å². The van der Waals surface area contributed by atoms with Gasteiger partial charge in [0.1, 0.15) is 5.82 Å². The highest BCUT2D eigenvalue weighted by molar-refractivity contribution is 5.38. The highest BCUT2D eigenvalue weighted by Gasteiger charge is 2.42. The zero-order chi connectivity index (χ0) is 14.1. The van der Waals surface area contributed by atoms with Gasteiger partial charge in [-0.15, -0.1) is 0 Å². The molecule has 0 aliphatic carbocycles. The number of nitrogens with zero attached hydrogens (tertiary/aromatic N) is 2. The summed E-state index contributed by atoms with van der Waals surface area (Å²) < 4.78 is 13.2. The van der Waals surface area contributed by atoms with Crippen LogP contribution in [0.1, 0.15) is 24.5 Å². The van der Waals surface area contributed by atoms with E-state index in [-0.39, 0.29) is 5.82 Å². The lowest BCUT2D eigenvalue weighted by atomic mass is 9.93. The minimum Gasteiger partial charge on any atom is -0.316 e. The maximum absolute atomic E-state index is 13.2. The van der Waals surface area contributed by atoms with Crippen LogP contribution < -0.4 is 5.32 Å². The predicted octanol–water partition coefficient (Wildman–Crippen LogP) is 2.13. The van der Waals surface area contributed by atoms with Gasteiger partial charge in [0, 0.05) is 19.1 Å². The number of halogens is 1. The molecule has 0 spiro atoms. The highest BCUT2D eigenvalue weighted by Crippen LogP contribution is 2.35. The van der Waals surface area contributed by atoms with Crippen molar-refractivity contribution in [1.82, 2.24) is 10.2 Å². The molecule has 2 heterocycles. The topological polar surface area (TPSA) is 39.1 Å². The Morgan fingerprint density at radius 2 is 2.30 bits per heavy atom. The number of rotatable bonds is 3. The Balaban J connectivity index is 1.80. The summed E-state index contributed by atoms with van der Waals surface area (Å²) in [7, 11) is 0. The van der Waals surface area contributed by atoms with E-state index in [1.54, 1.807) is 6.07 Å². The van der Waals surface area contributed by atoms with Crippen LogP contribution in [0.4, 0.5) is 4.39 Å². The van der Waals surface area contributed by atoms with E-state index in [1.807, 2.05) is 0 Å². The van der Waals surface area contributed by atoms with Gasteiger partial charge in [0.05, 0.1) is 11.6 Å². The third-order valence-corrected chi connectivity index (χ3v) is 4.81. The molecule has 1 aromatic rings. The van der Waals surface area contributed by atoms with E-state index >= 15 is 0 Å². The van der Waals surface area contributed by atoms with Crippen LogP contribution in [-0.4, -0.2) is 30.6 Å². The van der Waals surface area contributed by atoms with Crippen LogP contribution in [0.15, 0.2) is 18.2 Å². The van der Waals surface area contributed by atoms with E-state index in [1.165, 1.54) is 12.1 Å². The molecular weight excluding hydrogens is 253 g/mol. The fourth-order valence-electron chi connectivity index (χ4n) is 3.86. The zero-order valence-corrected chi connectivity index (χ0v) is 11.8. The Morgan fingerprint density at radius 3 is 3.05 bits per heavy atom. The summed E-state index contributed by atoms with van der Waals surface area (Å²) in [6, 6.07) is 7.24. The molecule has 2 aliphatic rings. The first kappa shape index (κ1) is 13.5. The first-order chi connectivity index (χ1) is 9.72. The lowest BCUT2D eigenvalue weighted by Crippen LogP contribution is -2.34. The number of fused-ring (bicyclic) bond motifs is 1. The normalized spacial score (nSPS) is 29.4. The van der Waals surface area contributed by atoms with Gasteiger partial charge in [-0.3, -0.25) is 4.90 Å². The zero-order valence-electron chi connectivity index (χ0n) is 11.8. The van der Waals surface area contributed by atoms with Crippen LogP contribution in [0.25, 0.3) is 0 Å². The van der Waals surface area contributed by atoms with E-state index in [2.05, 4.69) is 23.2 Å². The van der Waals surface area contributed by atoms with Gasteiger partial charge in [-0.05, 0) is 49.0 Å². The Kier molecular flexibility index (Phi) is 3.73. The van der Waals surface area contributed by atoms with E-state index in [4.69, 9.17) is 5.26 Å². The molecule has 2 saturated heterocycles. The van der Waals surface area contributed by atoms with Gasteiger partial charge in [0.25, 0.3) is 0 Å². The maximum atomic E-state index is 13.2. The summed E-state index contributed by atoms with van der Waals surface area (Å²) in [5, 5.41) is 12.6. The molecule has 20 heavy (non-hydrogen) atoms. The molecule has 0 radical (unpaired) electrons. The van der Waals surface area contributed by atoms with Crippen molar-refractivity contribution >= 4 is 0 Å². The van der Waals surface area contributed by atoms with Crippen molar-refractivity contribution in [2.24, 2.45) is 11.8 Å². The Labute approximate surface area is 119 Å². The van der Waals surface area contributed by atoms with Crippen molar-refractivity contribution in [3.63, 3.8) is 0 Å². The summed E-state index contributed by atoms with van der Waals surface area (Å²) in [5.74, 6) is 1.12. The van der Waals surface area contributed by atoms with Crippen LogP contribution in [0.2, 0.25) is 0 Å². The molecule has 2 fully saturated rings. The average Bonchev–Trinajstić information content (AvgIpc) is 3.00. The van der Waals surface area contributed by atoms with Gasteiger partial charge in [-0.25, -0.2) is 4.39 Å². The van der Waals surface area contributed by atoms with E-state index in [0.717, 1.165) is 50.0 Å². The summed E-state index contributed by atoms with van der Waals surface area (Å²) >= 11 is 0. The van der Waals surface area contributed by atoms with Crippen molar-refractivity contribution < 1.29 is 4.39 Å². The highest BCUT2D eigenvalue weighted by atomic mass is 19.1. The van der Waals surface area contributed by atoms with Gasteiger partial charge in [0.15, 0.2) is 0 Å². The summed E-state index contributed by atoms with van der Waals surface area (Å²) in [4.78, 5) is 2.48. The van der Waals surface area contributed by atoms with E-state index in [9.17, 15) is 4.39 Å². The van der Waals surface area contributed by atoms with Crippen LogP contribution in [-0.2, 0) is 6.54 Å². The second-order valence-corrected chi connectivity index (χ2v) is 5.90. The van der Waals surface area contributed by atoms with E-state index < -0.39 is 0 Å². The van der Waals surface area contributed by atoms with Gasteiger partial charge >= 0.3 is 0 Å². The number of benzene rings is 1. The van der Waals surface area contributed by atoms with Gasteiger partial charge < -0.3 is 5.32 Å². The molecule has 0 bridgehead atoms. The Bertz CT molecular complexity index is 537. The van der Waals surface area contributed by atoms with Crippen molar-refractivity contribution in [1.29, 1.82) is 5.26 Å². The fraction of sp³-hybridized carbons (Fsp3) is 0.562. The SMILES string of the molecule is CCC1C2CNCC2CN1Cc1ccc(F)cc1C#N. The Morgan fingerprint density at radius 1 is 1.45 bits per heavy atom. The molecule has 4 heteroatoms. The van der Waals surface area contributed by atoms with Crippen molar-refractivity contribution in [2.45, 2.75) is 25.9 Å². The van der Waals surface area contributed by atoms with Gasteiger partial charge in [-0.2, -0.15) is 5.26 Å². The van der Waals surface area contributed by atoms with Crippen molar-refractivity contribution in [2.75, 3.05) is 19.6 Å². The number of hydrogen-bond donors (Lipinski definition) is 1. The van der Waals surface area contributed by atoms with Gasteiger partial charge in [0.2, 0.25) is 0 Å². The summed E-state index contributed by atoms with van der Waals surface area (Å²) in [5.41, 5.74) is 1.41. The largest absolute Gasteiger partial charge is 0.316 e. The number of nitriles is 1. The molecule has 3 rings (SSSR count). The lowest BCUT2D eigenvalue weighted by molar-refractivity contribution is 0.210. The minimum absolute atomic E-state index is 0.333. The first-order valence-electron chi connectivity index (χ1n) is 7.36. The molecule has 106 valence electrons. The third kappa shape index (κ3) is 2.32. The van der Waals surface area contributed by atoms with Crippen LogP contribution >= 0.6 is 0 Å². The molecule has 0 amide bonds. The lowest BCUT2D eigenvalue weighted by Gasteiger charge is -2.27. The molecule has 1 N–H and O–H groups in total. The Hall–Kier alpha value is -1.44. The third-order valence-electron chi connectivity index (χ3n) is 4.81. The van der Waals surface area contributed by atoms with Gasteiger partial charge in [-0.1, -0.05) is 13.0 Å². The minimum atomic E-state index is -0.333. The molecule has 3 nitrogen and oxygen atoms in total. The second-order valence-electron chi connectivity index (χ2n) is 5.90. The monoisotopic (exact) mass is 273 g/mol. The average molecular weight is 273 g/mol. The summed E-state index contributed by atoms with van der Waals surface area (Å²) in [6.07, 6.45) is 1.13.